The Hall–Kier alpha value is -1.15. The number of carbonyl (C=O) groups is 1. The highest BCUT2D eigenvalue weighted by atomic mass is 35.5. The molecule has 6 nitrogen and oxygen atoms in total. The van der Waals surface area contributed by atoms with Gasteiger partial charge in [-0.25, -0.2) is 0 Å². The van der Waals surface area contributed by atoms with Crippen LogP contribution in [0.25, 0.3) is 0 Å². The minimum atomic E-state index is -3.47. The smallest absolute Gasteiger partial charge is 0.282 e. The van der Waals surface area contributed by atoms with Crippen LogP contribution in [-0.2, 0) is 21.4 Å². The van der Waals surface area contributed by atoms with E-state index in [4.69, 9.17) is 11.6 Å². The van der Waals surface area contributed by atoms with E-state index in [-0.39, 0.29) is 18.4 Å². The van der Waals surface area contributed by atoms with Crippen molar-refractivity contribution >= 4 is 27.7 Å². The molecule has 0 unspecified atom stereocenters. The van der Waals surface area contributed by atoms with Crippen molar-refractivity contribution in [3.8, 4) is 0 Å². The van der Waals surface area contributed by atoms with Crippen molar-refractivity contribution in [2.75, 3.05) is 33.2 Å². The fraction of sp³-hybridized carbons (Fsp3) is 0.562. The lowest BCUT2D eigenvalue weighted by atomic mass is 10.1. The second-order valence-corrected chi connectivity index (χ2v) is 8.56. The Morgan fingerprint density at radius 1 is 1.21 bits per heavy atom. The molecule has 0 bridgehead atoms. The summed E-state index contributed by atoms with van der Waals surface area (Å²) in [5.74, 6) is -0.0302. The summed E-state index contributed by atoms with van der Waals surface area (Å²) in [7, 11) is -1.89. The van der Waals surface area contributed by atoms with Gasteiger partial charge in [-0.15, -0.1) is 0 Å². The van der Waals surface area contributed by atoms with Gasteiger partial charge in [0.1, 0.15) is 0 Å². The van der Waals surface area contributed by atoms with Crippen molar-refractivity contribution in [3.63, 3.8) is 0 Å². The number of amides is 1. The van der Waals surface area contributed by atoms with Crippen LogP contribution in [0.3, 0.4) is 0 Å². The van der Waals surface area contributed by atoms with Gasteiger partial charge in [0.15, 0.2) is 0 Å². The summed E-state index contributed by atoms with van der Waals surface area (Å²) < 4.78 is 27.7. The molecule has 1 fully saturated rings. The van der Waals surface area contributed by atoms with Crippen LogP contribution in [-0.4, -0.2) is 67.1 Å². The molecule has 1 aromatic carbocycles. The minimum absolute atomic E-state index is 0.0302. The summed E-state index contributed by atoms with van der Waals surface area (Å²) >= 11 is 6.09. The third-order valence-electron chi connectivity index (χ3n) is 4.31. The summed E-state index contributed by atoms with van der Waals surface area (Å²) in [5.41, 5.74) is 0.791. The highest BCUT2D eigenvalue weighted by molar-refractivity contribution is 7.86. The summed E-state index contributed by atoms with van der Waals surface area (Å²) in [5, 5.41) is 0.575. The largest absolute Gasteiger partial charge is 0.340 e. The molecule has 1 saturated heterocycles. The van der Waals surface area contributed by atoms with E-state index in [0.717, 1.165) is 5.56 Å². The minimum Gasteiger partial charge on any atom is -0.340 e. The van der Waals surface area contributed by atoms with Crippen molar-refractivity contribution in [1.29, 1.82) is 0 Å². The van der Waals surface area contributed by atoms with E-state index < -0.39 is 10.2 Å². The first kappa shape index (κ1) is 19.2. The van der Waals surface area contributed by atoms with E-state index in [1.165, 1.54) is 8.61 Å². The molecular weight excluding hydrogens is 350 g/mol. The van der Waals surface area contributed by atoms with Gasteiger partial charge in [-0.05, 0) is 25.5 Å². The summed E-state index contributed by atoms with van der Waals surface area (Å²) in [6.45, 7) is 5.09. The number of nitrogens with zero attached hydrogens (tertiary/aromatic N) is 3. The first-order valence-electron chi connectivity index (χ1n) is 7.97. The molecule has 8 heteroatoms. The van der Waals surface area contributed by atoms with Crippen molar-refractivity contribution < 1.29 is 13.2 Å². The van der Waals surface area contributed by atoms with Crippen LogP contribution >= 0.6 is 11.6 Å². The maximum absolute atomic E-state index is 12.5. The van der Waals surface area contributed by atoms with Crippen molar-refractivity contribution in [2.45, 2.75) is 26.3 Å². The van der Waals surface area contributed by atoms with Crippen molar-refractivity contribution in [3.05, 3.63) is 34.9 Å². The van der Waals surface area contributed by atoms with Gasteiger partial charge in [0, 0.05) is 44.3 Å². The van der Waals surface area contributed by atoms with E-state index in [1.54, 1.807) is 18.0 Å². The molecule has 1 amide bonds. The van der Waals surface area contributed by atoms with Crippen LogP contribution in [0.5, 0.6) is 0 Å². The van der Waals surface area contributed by atoms with Gasteiger partial charge in [0.2, 0.25) is 5.91 Å². The molecule has 0 spiro atoms. The molecule has 0 saturated carbocycles. The molecule has 1 aliphatic heterocycles. The van der Waals surface area contributed by atoms with E-state index >= 15 is 0 Å². The quantitative estimate of drug-likeness (QED) is 0.787. The Kier molecular flexibility index (Phi) is 6.25. The molecule has 0 N–H and O–H groups in total. The molecule has 0 aliphatic carbocycles. The molecule has 1 aromatic rings. The van der Waals surface area contributed by atoms with Gasteiger partial charge in [0.05, 0.1) is 6.42 Å². The third kappa shape index (κ3) is 4.27. The summed E-state index contributed by atoms with van der Waals surface area (Å²) in [6.07, 6.45) is 0.234. The lowest BCUT2D eigenvalue weighted by Gasteiger charge is -2.36. The van der Waals surface area contributed by atoms with Gasteiger partial charge in [-0.2, -0.15) is 17.0 Å². The highest BCUT2D eigenvalue weighted by Crippen LogP contribution is 2.18. The molecule has 134 valence electrons. The van der Waals surface area contributed by atoms with Crippen molar-refractivity contribution in [1.82, 2.24) is 13.5 Å². The van der Waals surface area contributed by atoms with Crippen LogP contribution in [0.2, 0.25) is 5.02 Å². The predicted molar refractivity (Wildman–Crippen MR) is 95.1 cm³/mol. The highest BCUT2D eigenvalue weighted by Gasteiger charge is 2.32. The second kappa shape index (κ2) is 7.82. The second-order valence-electron chi connectivity index (χ2n) is 6.17. The first-order chi connectivity index (χ1) is 11.2. The number of hydrogen-bond acceptors (Lipinski definition) is 3. The summed E-state index contributed by atoms with van der Waals surface area (Å²) in [4.78, 5) is 14.1. The molecular formula is C16H24ClN3O3S. The molecule has 0 aromatic heterocycles. The molecule has 0 atom stereocenters. The third-order valence-corrected chi connectivity index (χ3v) is 6.84. The van der Waals surface area contributed by atoms with Gasteiger partial charge < -0.3 is 4.90 Å². The van der Waals surface area contributed by atoms with Gasteiger partial charge in [0.25, 0.3) is 10.2 Å². The van der Waals surface area contributed by atoms with Crippen LogP contribution in [0.4, 0.5) is 0 Å². The number of carbonyl (C=O) groups excluding carboxylic acids is 1. The molecule has 0 radical (unpaired) electrons. The van der Waals surface area contributed by atoms with E-state index in [9.17, 15) is 13.2 Å². The number of halogens is 1. The molecule has 1 heterocycles. The number of piperazine rings is 1. The van der Waals surface area contributed by atoms with E-state index in [2.05, 4.69) is 0 Å². The fourth-order valence-electron chi connectivity index (χ4n) is 2.53. The molecule has 1 aliphatic rings. The predicted octanol–water partition coefficient (Wildman–Crippen LogP) is 1.61. The van der Waals surface area contributed by atoms with Crippen LogP contribution in [0, 0.1) is 0 Å². The normalized spacial score (nSPS) is 16.8. The SMILES string of the molecule is CC(C)N(C)S(=O)(=O)N1CCN(C(=O)Cc2ccccc2Cl)CC1. The Morgan fingerprint density at radius 2 is 1.79 bits per heavy atom. The zero-order chi connectivity index (χ0) is 17.9. The molecule has 24 heavy (non-hydrogen) atoms. The lowest BCUT2D eigenvalue weighted by Crippen LogP contribution is -2.54. The number of hydrogen-bond donors (Lipinski definition) is 0. The average molecular weight is 374 g/mol. The topological polar surface area (TPSA) is 60.9 Å². The van der Waals surface area contributed by atoms with Crippen molar-refractivity contribution in [2.24, 2.45) is 0 Å². The van der Waals surface area contributed by atoms with Gasteiger partial charge in [-0.3, -0.25) is 4.79 Å². The van der Waals surface area contributed by atoms with Gasteiger partial charge >= 0.3 is 0 Å². The van der Waals surface area contributed by atoms with Crippen LogP contribution in [0.15, 0.2) is 24.3 Å². The Labute approximate surface area is 149 Å². The maximum Gasteiger partial charge on any atom is 0.282 e. The number of rotatable bonds is 5. The van der Waals surface area contributed by atoms with Gasteiger partial charge in [-0.1, -0.05) is 29.8 Å². The Balaban J connectivity index is 1.95. The summed E-state index contributed by atoms with van der Waals surface area (Å²) in [6, 6.07) is 7.16. The molecule has 2 rings (SSSR count). The maximum atomic E-state index is 12.5. The van der Waals surface area contributed by atoms with Crippen LogP contribution in [0.1, 0.15) is 19.4 Å². The fourth-order valence-corrected chi connectivity index (χ4v) is 4.26. The monoisotopic (exact) mass is 373 g/mol. The lowest BCUT2D eigenvalue weighted by molar-refractivity contribution is -0.131. The van der Waals surface area contributed by atoms with E-state index in [0.29, 0.717) is 31.2 Å². The number of benzene rings is 1. The Bertz CT molecular complexity index is 686. The standard InChI is InChI=1S/C16H24ClN3O3S/c1-13(2)18(3)24(22,23)20-10-8-19(9-11-20)16(21)12-14-6-4-5-7-15(14)17/h4-7,13H,8-12H2,1-3H3. The zero-order valence-corrected chi connectivity index (χ0v) is 15.8. The Morgan fingerprint density at radius 3 is 2.33 bits per heavy atom. The van der Waals surface area contributed by atoms with E-state index in [1.807, 2.05) is 32.0 Å². The first-order valence-corrected chi connectivity index (χ1v) is 9.75. The zero-order valence-electron chi connectivity index (χ0n) is 14.3. The average Bonchev–Trinajstić information content (AvgIpc) is 2.56. The van der Waals surface area contributed by atoms with Crippen LogP contribution < -0.4 is 0 Å².